The van der Waals surface area contributed by atoms with Crippen LogP contribution in [-0.2, 0) is 4.79 Å². The second-order valence-electron chi connectivity index (χ2n) is 6.05. The van der Waals surface area contributed by atoms with Crippen LogP contribution in [0.15, 0.2) is 0 Å². The van der Waals surface area contributed by atoms with E-state index >= 15 is 0 Å². The Morgan fingerprint density at radius 2 is 1.88 bits per heavy atom. The quantitative estimate of drug-likeness (QED) is 0.556. The summed E-state index contributed by atoms with van der Waals surface area (Å²) in [4.78, 5) is 14.0. The first kappa shape index (κ1) is 15.0. The Morgan fingerprint density at radius 1 is 1.29 bits per heavy atom. The minimum absolute atomic E-state index is 0.329. The third-order valence-electron chi connectivity index (χ3n) is 4.02. The summed E-state index contributed by atoms with van der Waals surface area (Å²) in [5.41, 5.74) is 0.482. The molecule has 1 amide bonds. The third kappa shape index (κ3) is 4.99. The molecule has 1 aliphatic carbocycles. The summed E-state index contributed by atoms with van der Waals surface area (Å²) in [5, 5.41) is 1.00. The Morgan fingerprint density at radius 3 is 2.41 bits per heavy atom. The van der Waals surface area contributed by atoms with Crippen LogP contribution >= 0.6 is 15.9 Å². The fourth-order valence-electron chi connectivity index (χ4n) is 2.52. The SMILES string of the molecule is CN(C(=O)CCCCBr)C1CCC(C)(C)CC1. The van der Waals surface area contributed by atoms with E-state index in [1.165, 1.54) is 25.7 Å². The lowest BCUT2D eigenvalue weighted by Crippen LogP contribution is -2.40. The molecule has 2 nitrogen and oxygen atoms in total. The van der Waals surface area contributed by atoms with E-state index in [4.69, 9.17) is 0 Å². The number of amides is 1. The molecule has 0 aliphatic heterocycles. The summed E-state index contributed by atoms with van der Waals surface area (Å²) in [6, 6.07) is 0.486. The van der Waals surface area contributed by atoms with Gasteiger partial charge in [-0.2, -0.15) is 0 Å². The maximum atomic E-state index is 12.0. The van der Waals surface area contributed by atoms with Gasteiger partial charge in [-0.3, -0.25) is 4.79 Å². The van der Waals surface area contributed by atoms with Crippen molar-refractivity contribution >= 4 is 21.8 Å². The van der Waals surface area contributed by atoms with Crippen LogP contribution in [-0.4, -0.2) is 29.2 Å². The maximum Gasteiger partial charge on any atom is 0.222 e. The topological polar surface area (TPSA) is 20.3 Å². The monoisotopic (exact) mass is 303 g/mol. The molecule has 0 heterocycles. The number of carbonyl (C=O) groups is 1. The molecule has 0 spiro atoms. The van der Waals surface area contributed by atoms with Gasteiger partial charge in [0.25, 0.3) is 0 Å². The summed E-state index contributed by atoms with van der Waals surface area (Å²) < 4.78 is 0. The Labute approximate surface area is 114 Å². The van der Waals surface area contributed by atoms with Crippen molar-refractivity contribution in [3.8, 4) is 0 Å². The lowest BCUT2D eigenvalue weighted by atomic mass is 9.75. The molecule has 0 aromatic heterocycles. The highest BCUT2D eigenvalue weighted by Gasteiger charge is 2.30. The fraction of sp³-hybridized carbons (Fsp3) is 0.929. The van der Waals surface area contributed by atoms with E-state index < -0.39 is 0 Å². The molecular formula is C14H26BrNO. The van der Waals surface area contributed by atoms with E-state index in [-0.39, 0.29) is 0 Å². The Balaban J connectivity index is 2.32. The molecule has 0 unspecified atom stereocenters. The largest absolute Gasteiger partial charge is 0.343 e. The molecule has 3 heteroatoms. The van der Waals surface area contributed by atoms with Gasteiger partial charge in [-0.1, -0.05) is 29.8 Å². The third-order valence-corrected chi connectivity index (χ3v) is 4.58. The number of unbranched alkanes of at least 4 members (excludes halogenated alkanes) is 1. The number of halogens is 1. The number of alkyl halides is 1. The minimum Gasteiger partial charge on any atom is -0.343 e. The van der Waals surface area contributed by atoms with Gasteiger partial charge in [-0.25, -0.2) is 0 Å². The van der Waals surface area contributed by atoms with E-state index in [0.717, 1.165) is 18.2 Å². The second-order valence-corrected chi connectivity index (χ2v) is 6.84. The summed E-state index contributed by atoms with van der Waals surface area (Å²) >= 11 is 3.40. The molecule has 0 aromatic rings. The molecule has 100 valence electrons. The lowest BCUT2D eigenvalue weighted by molar-refractivity contribution is -0.133. The highest BCUT2D eigenvalue weighted by molar-refractivity contribution is 9.09. The van der Waals surface area contributed by atoms with Crippen molar-refractivity contribution < 1.29 is 4.79 Å². The van der Waals surface area contributed by atoms with Crippen molar-refractivity contribution in [2.24, 2.45) is 5.41 Å². The molecule has 0 bridgehead atoms. The standard InChI is InChI=1S/C14H26BrNO/c1-14(2)9-7-12(8-10-14)16(3)13(17)6-4-5-11-15/h12H,4-11H2,1-3H3. The zero-order chi connectivity index (χ0) is 12.9. The molecule has 1 fully saturated rings. The normalized spacial score (nSPS) is 20.2. The van der Waals surface area contributed by atoms with Gasteiger partial charge in [0.1, 0.15) is 0 Å². The maximum absolute atomic E-state index is 12.0. The zero-order valence-electron chi connectivity index (χ0n) is 11.5. The first-order valence-corrected chi connectivity index (χ1v) is 7.90. The van der Waals surface area contributed by atoms with Gasteiger partial charge >= 0.3 is 0 Å². The predicted molar refractivity (Wildman–Crippen MR) is 76.5 cm³/mol. The Kier molecular flexibility index (Phi) is 5.98. The molecular weight excluding hydrogens is 278 g/mol. The van der Waals surface area contributed by atoms with Gasteiger partial charge < -0.3 is 4.90 Å². The molecule has 17 heavy (non-hydrogen) atoms. The van der Waals surface area contributed by atoms with Crippen LogP contribution in [0, 0.1) is 5.41 Å². The first-order valence-electron chi connectivity index (χ1n) is 6.78. The number of hydrogen-bond acceptors (Lipinski definition) is 1. The van der Waals surface area contributed by atoms with Gasteiger partial charge in [-0.05, 0) is 43.9 Å². The van der Waals surface area contributed by atoms with Gasteiger partial charge in [0.15, 0.2) is 0 Å². The molecule has 0 N–H and O–H groups in total. The summed E-state index contributed by atoms with van der Waals surface area (Å²) in [6.07, 6.45) is 7.65. The van der Waals surface area contributed by atoms with Gasteiger partial charge in [0, 0.05) is 24.8 Å². The van der Waals surface area contributed by atoms with Crippen molar-refractivity contribution in [2.75, 3.05) is 12.4 Å². The van der Waals surface area contributed by atoms with E-state index in [9.17, 15) is 4.79 Å². The van der Waals surface area contributed by atoms with E-state index in [0.29, 0.717) is 23.8 Å². The first-order chi connectivity index (χ1) is 7.96. The molecule has 1 aliphatic rings. The number of hydrogen-bond donors (Lipinski definition) is 0. The number of carbonyl (C=O) groups excluding carboxylic acids is 1. The average Bonchev–Trinajstić information content (AvgIpc) is 2.28. The van der Waals surface area contributed by atoms with Crippen LogP contribution in [0.1, 0.15) is 58.8 Å². The Hall–Kier alpha value is -0.0500. The predicted octanol–water partition coefficient (Wildman–Crippen LogP) is 3.98. The lowest BCUT2D eigenvalue weighted by Gasteiger charge is -2.38. The van der Waals surface area contributed by atoms with Crippen LogP contribution < -0.4 is 0 Å². The molecule has 0 saturated heterocycles. The molecule has 1 saturated carbocycles. The highest BCUT2D eigenvalue weighted by Crippen LogP contribution is 2.36. The number of rotatable bonds is 5. The van der Waals surface area contributed by atoms with Crippen molar-refractivity contribution in [3.63, 3.8) is 0 Å². The molecule has 0 aromatic carbocycles. The zero-order valence-corrected chi connectivity index (χ0v) is 13.1. The average molecular weight is 304 g/mol. The van der Waals surface area contributed by atoms with E-state index in [2.05, 4.69) is 29.8 Å². The van der Waals surface area contributed by atoms with E-state index in [1.807, 2.05) is 11.9 Å². The summed E-state index contributed by atoms with van der Waals surface area (Å²) in [5.74, 6) is 0.329. The van der Waals surface area contributed by atoms with Gasteiger partial charge in [-0.15, -0.1) is 0 Å². The van der Waals surface area contributed by atoms with E-state index in [1.54, 1.807) is 0 Å². The molecule has 1 rings (SSSR count). The second kappa shape index (κ2) is 6.77. The van der Waals surface area contributed by atoms with Crippen molar-refractivity contribution in [3.05, 3.63) is 0 Å². The number of nitrogens with zero attached hydrogens (tertiary/aromatic N) is 1. The Bertz CT molecular complexity index is 243. The summed E-state index contributed by atoms with van der Waals surface area (Å²) in [6.45, 7) is 4.67. The van der Waals surface area contributed by atoms with Crippen LogP contribution in [0.25, 0.3) is 0 Å². The van der Waals surface area contributed by atoms with Crippen LogP contribution in [0.5, 0.6) is 0 Å². The van der Waals surface area contributed by atoms with Crippen LogP contribution in [0.4, 0.5) is 0 Å². The minimum atomic E-state index is 0.329. The summed E-state index contributed by atoms with van der Waals surface area (Å²) in [7, 11) is 1.99. The molecule has 0 atom stereocenters. The molecule has 0 radical (unpaired) electrons. The van der Waals surface area contributed by atoms with Crippen molar-refractivity contribution in [1.29, 1.82) is 0 Å². The van der Waals surface area contributed by atoms with Gasteiger partial charge in [0.05, 0.1) is 0 Å². The van der Waals surface area contributed by atoms with Crippen LogP contribution in [0.3, 0.4) is 0 Å². The van der Waals surface area contributed by atoms with Crippen molar-refractivity contribution in [1.82, 2.24) is 4.90 Å². The smallest absolute Gasteiger partial charge is 0.222 e. The van der Waals surface area contributed by atoms with Crippen molar-refractivity contribution in [2.45, 2.75) is 64.8 Å². The van der Waals surface area contributed by atoms with Crippen LogP contribution in [0.2, 0.25) is 0 Å². The fourth-order valence-corrected chi connectivity index (χ4v) is 2.92. The highest BCUT2D eigenvalue weighted by atomic mass is 79.9. The van der Waals surface area contributed by atoms with Gasteiger partial charge in [0.2, 0.25) is 5.91 Å².